The van der Waals surface area contributed by atoms with E-state index in [2.05, 4.69) is 34.2 Å². The quantitative estimate of drug-likeness (QED) is 0.390. The van der Waals surface area contributed by atoms with Gasteiger partial charge < -0.3 is 15.0 Å². The van der Waals surface area contributed by atoms with Crippen LogP contribution in [-0.2, 0) is 0 Å². The number of pyridine rings is 2. The van der Waals surface area contributed by atoms with Gasteiger partial charge in [0.2, 0.25) is 0 Å². The maximum absolute atomic E-state index is 12.9. The molecular formula is C30H28N6O2. The number of aromatic nitrogens is 3. The van der Waals surface area contributed by atoms with Crippen molar-refractivity contribution in [2.24, 2.45) is 0 Å². The molecule has 0 saturated carbocycles. The van der Waals surface area contributed by atoms with Crippen molar-refractivity contribution in [1.82, 2.24) is 19.9 Å². The summed E-state index contributed by atoms with van der Waals surface area (Å²) in [6, 6.07) is 15.3. The molecule has 8 heteroatoms. The average Bonchev–Trinajstić information content (AvgIpc) is 3.36. The minimum atomic E-state index is -0.319. The van der Waals surface area contributed by atoms with Crippen molar-refractivity contribution in [3.8, 4) is 35.3 Å². The molecule has 0 atom stereocenters. The van der Waals surface area contributed by atoms with Gasteiger partial charge in [0.15, 0.2) is 0 Å². The van der Waals surface area contributed by atoms with Crippen LogP contribution in [0.15, 0.2) is 61.1 Å². The fourth-order valence-electron chi connectivity index (χ4n) is 4.83. The molecule has 0 bridgehead atoms. The molecule has 1 aromatic carbocycles. The summed E-state index contributed by atoms with van der Waals surface area (Å²) in [5, 5.41) is 17.1. The Hall–Kier alpha value is -4.82. The van der Waals surface area contributed by atoms with Gasteiger partial charge >= 0.3 is 0 Å². The molecule has 4 aromatic rings. The number of anilines is 1. The van der Waals surface area contributed by atoms with Crippen LogP contribution >= 0.6 is 0 Å². The molecule has 5 rings (SSSR count). The van der Waals surface area contributed by atoms with E-state index in [-0.39, 0.29) is 11.4 Å². The predicted molar refractivity (Wildman–Crippen MR) is 146 cm³/mol. The molecule has 0 radical (unpaired) electrons. The topological polar surface area (TPSA) is 95.5 Å². The molecule has 0 spiro atoms. The lowest BCUT2D eigenvalue weighted by Crippen LogP contribution is -2.53. The van der Waals surface area contributed by atoms with Gasteiger partial charge in [-0.1, -0.05) is 12.0 Å². The molecule has 190 valence electrons. The van der Waals surface area contributed by atoms with Crippen LogP contribution in [-0.4, -0.2) is 45.7 Å². The van der Waals surface area contributed by atoms with Crippen molar-refractivity contribution in [1.29, 1.82) is 5.26 Å². The molecule has 1 N–H and O–H groups in total. The van der Waals surface area contributed by atoms with Crippen LogP contribution in [0.1, 0.15) is 48.2 Å². The molecule has 1 aliphatic heterocycles. The average molecular weight is 505 g/mol. The molecule has 1 fully saturated rings. The van der Waals surface area contributed by atoms with E-state index in [0.717, 1.165) is 48.4 Å². The number of nitrogens with zero attached hydrogens (tertiary/aromatic N) is 5. The van der Waals surface area contributed by atoms with Crippen LogP contribution in [0, 0.1) is 23.7 Å². The van der Waals surface area contributed by atoms with Gasteiger partial charge in [-0.05, 0) is 63.1 Å². The van der Waals surface area contributed by atoms with E-state index in [4.69, 9.17) is 16.1 Å². The highest BCUT2D eigenvalue weighted by Gasteiger charge is 2.32. The summed E-state index contributed by atoms with van der Waals surface area (Å²) in [6.45, 7) is 6.06. The van der Waals surface area contributed by atoms with E-state index in [0.29, 0.717) is 29.0 Å². The number of carbonyl (C=O) groups excluding carboxylic acids is 1. The van der Waals surface area contributed by atoms with E-state index in [1.54, 1.807) is 35.1 Å². The van der Waals surface area contributed by atoms with Gasteiger partial charge in [-0.3, -0.25) is 4.79 Å². The number of hydrogen-bond acceptors (Lipinski definition) is 6. The molecule has 0 aliphatic carbocycles. The fourth-order valence-corrected chi connectivity index (χ4v) is 4.83. The Morgan fingerprint density at radius 2 is 2.03 bits per heavy atom. The summed E-state index contributed by atoms with van der Waals surface area (Å²) < 4.78 is 7.39. The number of nitrogens with one attached hydrogen (secondary N) is 1. The standard InChI is InChI=1S/C30H28N6O2/c1-4-21-7-6-8-22(15-21)29(37)34-30(3)11-13-35(14-12-30)27-10-9-23(18-32-27)26-16-25(38-5-2)20-36-28(26)24(17-31)19-33-36/h1,6-10,15-16,18-20H,5,11-14H2,2-3H3,(H,34,37). The molecule has 1 saturated heterocycles. The first kappa shape index (κ1) is 24.9. The highest BCUT2D eigenvalue weighted by atomic mass is 16.5. The lowest BCUT2D eigenvalue weighted by molar-refractivity contribution is 0.0891. The van der Waals surface area contributed by atoms with Crippen molar-refractivity contribution in [2.75, 3.05) is 24.6 Å². The Bertz CT molecular complexity index is 1570. The zero-order valence-electron chi connectivity index (χ0n) is 21.4. The first-order valence-electron chi connectivity index (χ1n) is 12.6. The monoisotopic (exact) mass is 504 g/mol. The molecule has 1 aliphatic rings. The number of benzene rings is 1. The first-order valence-corrected chi connectivity index (χ1v) is 12.6. The van der Waals surface area contributed by atoms with E-state index in [9.17, 15) is 10.1 Å². The summed E-state index contributed by atoms with van der Waals surface area (Å²) in [5.74, 6) is 4.01. The second-order valence-corrected chi connectivity index (χ2v) is 9.62. The van der Waals surface area contributed by atoms with Crippen LogP contribution in [0.2, 0.25) is 0 Å². The molecule has 4 heterocycles. The Morgan fingerprint density at radius 3 is 2.71 bits per heavy atom. The molecule has 1 amide bonds. The molecule has 38 heavy (non-hydrogen) atoms. The number of terminal acetylenes is 1. The number of carbonyl (C=O) groups is 1. The lowest BCUT2D eigenvalue weighted by Gasteiger charge is -2.40. The Labute approximate surface area is 221 Å². The summed E-state index contributed by atoms with van der Waals surface area (Å²) in [6.07, 6.45) is 12.2. The van der Waals surface area contributed by atoms with Crippen molar-refractivity contribution < 1.29 is 9.53 Å². The minimum absolute atomic E-state index is 0.113. The van der Waals surface area contributed by atoms with E-state index in [1.807, 2.05) is 37.4 Å². The van der Waals surface area contributed by atoms with Crippen LogP contribution in [0.5, 0.6) is 5.75 Å². The van der Waals surface area contributed by atoms with Crippen molar-refractivity contribution in [2.45, 2.75) is 32.2 Å². The van der Waals surface area contributed by atoms with Crippen LogP contribution in [0.3, 0.4) is 0 Å². The summed E-state index contributed by atoms with van der Waals surface area (Å²) in [5.41, 5.74) is 3.88. The summed E-state index contributed by atoms with van der Waals surface area (Å²) in [4.78, 5) is 19.8. The second kappa shape index (κ2) is 10.3. The fraction of sp³-hybridized carbons (Fsp3) is 0.267. The SMILES string of the molecule is C#Cc1cccc(C(=O)NC2(C)CCN(c3ccc(-c4cc(OCC)cn5ncc(C#N)c45)cn3)CC2)c1. The molecular weight excluding hydrogens is 476 g/mol. The summed E-state index contributed by atoms with van der Waals surface area (Å²) >= 11 is 0. The smallest absolute Gasteiger partial charge is 0.251 e. The highest BCUT2D eigenvalue weighted by molar-refractivity contribution is 5.95. The Balaban J connectivity index is 1.30. The number of amides is 1. The van der Waals surface area contributed by atoms with E-state index < -0.39 is 0 Å². The number of piperidine rings is 1. The number of hydrogen-bond donors (Lipinski definition) is 1. The zero-order valence-corrected chi connectivity index (χ0v) is 21.4. The van der Waals surface area contributed by atoms with Crippen molar-refractivity contribution in [3.63, 3.8) is 0 Å². The van der Waals surface area contributed by atoms with Crippen LogP contribution in [0.25, 0.3) is 16.6 Å². The third kappa shape index (κ3) is 4.89. The minimum Gasteiger partial charge on any atom is -0.492 e. The van der Waals surface area contributed by atoms with E-state index >= 15 is 0 Å². The molecule has 3 aromatic heterocycles. The van der Waals surface area contributed by atoms with E-state index in [1.165, 1.54) is 0 Å². The number of fused-ring (bicyclic) bond motifs is 1. The molecule has 0 unspecified atom stereocenters. The summed E-state index contributed by atoms with van der Waals surface area (Å²) in [7, 11) is 0. The highest BCUT2D eigenvalue weighted by Crippen LogP contribution is 2.32. The lowest BCUT2D eigenvalue weighted by atomic mass is 9.89. The molecule has 8 nitrogen and oxygen atoms in total. The zero-order chi connectivity index (χ0) is 26.7. The maximum Gasteiger partial charge on any atom is 0.251 e. The first-order chi connectivity index (χ1) is 18.4. The Kier molecular flexibility index (Phi) is 6.72. The normalized spacial score (nSPS) is 14.5. The maximum atomic E-state index is 12.9. The van der Waals surface area contributed by atoms with Gasteiger partial charge in [-0.15, -0.1) is 6.42 Å². The largest absolute Gasteiger partial charge is 0.492 e. The number of rotatable bonds is 6. The van der Waals surface area contributed by atoms with Gasteiger partial charge in [0.05, 0.1) is 30.1 Å². The van der Waals surface area contributed by atoms with Gasteiger partial charge in [0.1, 0.15) is 17.6 Å². The van der Waals surface area contributed by atoms with Gasteiger partial charge in [0.25, 0.3) is 5.91 Å². The van der Waals surface area contributed by atoms with Gasteiger partial charge in [0, 0.05) is 47.1 Å². The number of ether oxygens (including phenoxy) is 1. The van der Waals surface area contributed by atoms with Gasteiger partial charge in [-0.25, -0.2) is 9.50 Å². The third-order valence-corrected chi connectivity index (χ3v) is 6.97. The van der Waals surface area contributed by atoms with Gasteiger partial charge in [-0.2, -0.15) is 10.4 Å². The van der Waals surface area contributed by atoms with Crippen molar-refractivity contribution in [3.05, 3.63) is 77.7 Å². The second-order valence-electron chi connectivity index (χ2n) is 9.62. The van der Waals surface area contributed by atoms with Crippen LogP contribution in [0.4, 0.5) is 5.82 Å². The Morgan fingerprint density at radius 1 is 1.21 bits per heavy atom. The van der Waals surface area contributed by atoms with Crippen LogP contribution < -0.4 is 15.0 Å². The number of nitriles is 1. The predicted octanol–water partition coefficient (Wildman–Crippen LogP) is 4.44. The van der Waals surface area contributed by atoms with Crippen molar-refractivity contribution >= 4 is 17.2 Å². The third-order valence-electron chi connectivity index (χ3n) is 6.97.